The molecule has 1 aromatic carbocycles. The van der Waals surface area contributed by atoms with Gasteiger partial charge < -0.3 is 14.6 Å². The lowest BCUT2D eigenvalue weighted by Crippen LogP contribution is -2.19. The van der Waals surface area contributed by atoms with Crippen molar-refractivity contribution in [2.24, 2.45) is 0 Å². The normalized spacial score (nSPS) is 13.2. The quantitative estimate of drug-likeness (QED) is 0.619. The number of nitrogens with zero attached hydrogens (tertiary/aromatic N) is 1. The number of carboxylic acid groups (broad SMARTS) is 1. The molecule has 0 spiro atoms. The number of carbonyl (C=O) groups is 1. The third kappa shape index (κ3) is 1.73. The molecule has 1 aliphatic rings. The Labute approximate surface area is 93.5 Å². The molecule has 1 aromatic rings. The van der Waals surface area contributed by atoms with Crippen LogP contribution in [0, 0.1) is 15.9 Å². The predicted molar refractivity (Wildman–Crippen MR) is 51.0 cm³/mol. The number of aromatic carboxylic acids is 1. The van der Waals surface area contributed by atoms with Gasteiger partial charge in [0.2, 0.25) is 5.82 Å². The topological polar surface area (TPSA) is 98.9 Å². The summed E-state index contributed by atoms with van der Waals surface area (Å²) in [7, 11) is 0. The highest BCUT2D eigenvalue weighted by molar-refractivity contribution is 5.93. The van der Waals surface area contributed by atoms with Crippen molar-refractivity contribution in [2.75, 3.05) is 13.2 Å². The second kappa shape index (κ2) is 3.89. The molecule has 17 heavy (non-hydrogen) atoms. The van der Waals surface area contributed by atoms with Crippen molar-refractivity contribution in [3.05, 3.63) is 27.6 Å². The van der Waals surface area contributed by atoms with Crippen LogP contribution in [0.4, 0.5) is 10.1 Å². The number of nitro benzene ring substituents is 1. The maximum atomic E-state index is 13.6. The van der Waals surface area contributed by atoms with E-state index < -0.39 is 28.0 Å². The van der Waals surface area contributed by atoms with E-state index in [1.54, 1.807) is 0 Å². The fourth-order valence-electron chi connectivity index (χ4n) is 1.47. The minimum atomic E-state index is -1.65. The molecule has 7 nitrogen and oxygen atoms in total. The van der Waals surface area contributed by atoms with Crippen LogP contribution in [0.3, 0.4) is 0 Å². The molecule has 0 aliphatic carbocycles. The van der Waals surface area contributed by atoms with E-state index in [1.165, 1.54) is 0 Å². The molecular formula is C9H6FNO6. The van der Waals surface area contributed by atoms with Crippen LogP contribution in [0.25, 0.3) is 0 Å². The molecule has 0 fully saturated rings. The molecule has 0 saturated carbocycles. The number of fused-ring (bicyclic) bond motifs is 1. The van der Waals surface area contributed by atoms with Gasteiger partial charge in [0, 0.05) is 0 Å². The number of hydrogen-bond acceptors (Lipinski definition) is 5. The molecule has 0 unspecified atom stereocenters. The zero-order chi connectivity index (χ0) is 12.6. The summed E-state index contributed by atoms with van der Waals surface area (Å²) in [4.78, 5) is 20.4. The number of ether oxygens (including phenoxy) is 2. The second-order valence-electron chi connectivity index (χ2n) is 3.17. The summed E-state index contributed by atoms with van der Waals surface area (Å²) < 4.78 is 23.6. The van der Waals surface area contributed by atoms with Crippen molar-refractivity contribution in [2.45, 2.75) is 0 Å². The third-order valence-corrected chi connectivity index (χ3v) is 2.16. The predicted octanol–water partition coefficient (Wildman–Crippen LogP) is 1.20. The highest BCUT2D eigenvalue weighted by Crippen LogP contribution is 2.40. The Hall–Kier alpha value is -2.38. The fraction of sp³-hybridized carbons (Fsp3) is 0.222. The molecular weight excluding hydrogens is 237 g/mol. The highest BCUT2D eigenvalue weighted by atomic mass is 19.1. The van der Waals surface area contributed by atoms with Crippen LogP contribution in [0.2, 0.25) is 0 Å². The average molecular weight is 243 g/mol. The van der Waals surface area contributed by atoms with Crippen molar-refractivity contribution in [3.8, 4) is 11.5 Å². The summed E-state index contributed by atoms with van der Waals surface area (Å²) >= 11 is 0. The number of benzene rings is 1. The summed E-state index contributed by atoms with van der Waals surface area (Å²) in [6.45, 7) is 0.180. The Bertz CT molecular complexity index is 515. The van der Waals surface area contributed by atoms with E-state index in [-0.39, 0.29) is 24.7 Å². The lowest BCUT2D eigenvalue weighted by molar-refractivity contribution is -0.387. The molecule has 0 amide bonds. The summed E-state index contributed by atoms with van der Waals surface area (Å²) in [5.41, 5.74) is -1.83. The van der Waals surface area contributed by atoms with Crippen LogP contribution >= 0.6 is 0 Å². The van der Waals surface area contributed by atoms with Gasteiger partial charge in [0.1, 0.15) is 18.8 Å². The van der Waals surface area contributed by atoms with Crippen LogP contribution < -0.4 is 9.47 Å². The minimum Gasteiger partial charge on any atom is -0.486 e. The molecule has 0 aromatic heterocycles. The number of nitro groups is 1. The van der Waals surface area contributed by atoms with Gasteiger partial charge in [-0.05, 0) is 0 Å². The lowest BCUT2D eigenvalue weighted by Gasteiger charge is -2.19. The van der Waals surface area contributed by atoms with E-state index in [0.717, 1.165) is 6.07 Å². The van der Waals surface area contributed by atoms with Crippen LogP contribution in [0.5, 0.6) is 11.5 Å². The summed E-state index contributed by atoms with van der Waals surface area (Å²) in [6.07, 6.45) is 0. The van der Waals surface area contributed by atoms with E-state index in [4.69, 9.17) is 14.6 Å². The van der Waals surface area contributed by atoms with Gasteiger partial charge in [0.25, 0.3) is 0 Å². The Kier molecular flexibility index (Phi) is 2.54. The molecule has 0 saturated heterocycles. The molecule has 0 radical (unpaired) electrons. The molecule has 0 bridgehead atoms. The van der Waals surface area contributed by atoms with E-state index in [0.29, 0.717) is 0 Å². The highest BCUT2D eigenvalue weighted by Gasteiger charge is 2.32. The van der Waals surface area contributed by atoms with Gasteiger partial charge in [-0.15, -0.1) is 0 Å². The van der Waals surface area contributed by atoms with Gasteiger partial charge in [-0.25, -0.2) is 4.79 Å². The van der Waals surface area contributed by atoms with Crippen LogP contribution in [-0.4, -0.2) is 29.2 Å². The summed E-state index contributed by atoms with van der Waals surface area (Å²) in [5.74, 6) is -3.53. The van der Waals surface area contributed by atoms with Crippen molar-refractivity contribution in [1.82, 2.24) is 0 Å². The van der Waals surface area contributed by atoms with E-state index in [1.807, 2.05) is 0 Å². The lowest BCUT2D eigenvalue weighted by atomic mass is 10.1. The van der Waals surface area contributed by atoms with Crippen LogP contribution in [-0.2, 0) is 0 Å². The molecule has 2 rings (SSSR count). The van der Waals surface area contributed by atoms with E-state index in [9.17, 15) is 19.3 Å². The molecule has 8 heteroatoms. The van der Waals surface area contributed by atoms with Crippen molar-refractivity contribution in [3.63, 3.8) is 0 Å². The molecule has 0 atom stereocenters. The maximum absolute atomic E-state index is 13.6. The first-order valence-electron chi connectivity index (χ1n) is 4.52. The van der Waals surface area contributed by atoms with E-state index >= 15 is 0 Å². The van der Waals surface area contributed by atoms with Crippen molar-refractivity contribution < 1.29 is 28.7 Å². The fourth-order valence-corrected chi connectivity index (χ4v) is 1.47. The molecule has 1 heterocycles. The Morgan fingerprint density at radius 1 is 1.47 bits per heavy atom. The van der Waals surface area contributed by atoms with Gasteiger partial charge in [-0.1, -0.05) is 0 Å². The molecule has 90 valence electrons. The van der Waals surface area contributed by atoms with Gasteiger partial charge in [-0.2, -0.15) is 4.39 Å². The number of carboxylic acids is 1. The van der Waals surface area contributed by atoms with Gasteiger partial charge in [-0.3, -0.25) is 10.1 Å². The number of rotatable bonds is 2. The van der Waals surface area contributed by atoms with Gasteiger partial charge in [0.05, 0.1) is 11.0 Å². The zero-order valence-electron chi connectivity index (χ0n) is 8.31. The van der Waals surface area contributed by atoms with Crippen LogP contribution in [0.15, 0.2) is 6.07 Å². The average Bonchev–Trinajstić information content (AvgIpc) is 2.27. The zero-order valence-corrected chi connectivity index (χ0v) is 8.31. The van der Waals surface area contributed by atoms with Crippen molar-refractivity contribution >= 4 is 11.7 Å². The SMILES string of the molecule is O=C(O)c1c(F)c([N+](=O)[O-])cc2c1OCCO2. The van der Waals surface area contributed by atoms with Gasteiger partial charge in [0.15, 0.2) is 11.5 Å². The summed E-state index contributed by atoms with van der Waals surface area (Å²) in [5, 5.41) is 19.4. The maximum Gasteiger partial charge on any atom is 0.342 e. The Morgan fingerprint density at radius 2 is 2.12 bits per heavy atom. The van der Waals surface area contributed by atoms with Crippen molar-refractivity contribution in [1.29, 1.82) is 0 Å². The Balaban J connectivity index is 2.73. The first-order valence-corrected chi connectivity index (χ1v) is 4.52. The molecule has 1 aliphatic heterocycles. The third-order valence-electron chi connectivity index (χ3n) is 2.16. The second-order valence-corrected chi connectivity index (χ2v) is 3.17. The smallest absolute Gasteiger partial charge is 0.342 e. The summed E-state index contributed by atoms with van der Waals surface area (Å²) in [6, 6.07) is 0.816. The first kappa shape index (κ1) is 11.1. The molecule has 1 N–H and O–H groups in total. The standard InChI is InChI=1S/C9H6FNO6/c10-7-4(11(14)15)3-5-8(6(7)9(12)13)17-2-1-16-5/h3H,1-2H2,(H,12,13). The van der Waals surface area contributed by atoms with E-state index in [2.05, 4.69) is 0 Å². The number of hydrogen-bond donors (Lipinski definition) is 1. The largest absolute Gasteiger partial charge is 0.486 e. The first-order chi connectivity index (χ1) is 8.02. The Morgan fingerprint density at radius 3 is 2.71 bits per heavy atom. The van der Waals surface area contributed by atoms with Gasteiger partial charge >= 0.3 is 11.7 Å². The van der Waals surface area contributed by atoms with Crippen LogP contribution in [0.1, 0.15) is 10.4 Å². The minimum absolute atomic E-state index is 0.0601. The number of halogens is 1. The monoisotopic (exact) mass is 243 g/mol.